The summed E-state index contributed by atoms with van der Waals surface area (Å²) in [5, 5.41) is 0. The molecule has 0 heterocycles. The number of hydrogen-bond donors (Lipinski definition) is 0. The minimum absolute atomic E-state index is 0.129. The second kappa shape index (κ2) is 20.4. The highest BCUT2D eigenvalue weighted by atomic mass is 32.2. The summed E-state index contributed by atoms with van der Waals surface area (Å²) in [6, 6.07) is 15.9. The van der Waals surface area contributed by atoms with Crippen LogP contribution in [0.25, 0.3) is 0 Å². The Labute approximate surface area is 288 Å². The third-order valence-corrected chi connectivity index (χ3v) is 12.0. The Balaban J connectivity index is 2.66. The van der Waals surface area contributed by atoms with Crippen molar-refractivity contribution in [3.8, 4) is 0 Å². The van der Waals surface area contributed by atoms with Gasteiger partial charge in [-0.2, -0.15) is 0 Å². The Bertz CT molecular complexity index is 1100. The molecule has 0 atom stereocenters. The molecule has 0 fully saturated rings. The van der Waals surface area contributed by atoms with Crippen LogP contribution in [0.4, 0.5) is 0 Å². The van der Waals surface area contributed by atoms with Crippen LogP contribution in [0.5, 0.6) is 0 Å². The third-order valence-electron chi connectivity index (χ3n) is 9.25. The summed E-state index contributed by atoms with van der Waals surface area (Å²) in [5.74, 6) is 0. The number of benzene rings is 3. The van der Waals surface area contributed by atoms with Crippen LogP contribution in [-0.4, -0.2) is 0 Å². The second-order valence-corrected chi connectivity index (χ2v) is 15.6. The summed E-state index contributed by atoms with van der Waals surface area (Å²) >= 11 is 0. The minimum Gasteiger partial charge on any atom is -0.0651 e. The smallest absolute Gasteiger partial charge is 0.0651 e. The number of rotatable bonds is 21. The molecule has 3 aromatic carbocycles. The predicted molar refractivity (Wildman–Crippen MR) is 207 cm³/mol. The van der Waals surface area contributed by atoms with E-state index in [0.29, 0.717) is 0 Å². The molecule has 0 saturated heterocycles. The molecule has 46 heavy (non-hydrogen) atoms. The molecule has 0 bridgehead atoms. The van der Waals surface area contributed by atoms with Gasteiger partial charge in [0.1, 0.15) is 10.9 Å². The van der Waals surface area contributed by atoms with Crippen molar-refractivity contribution in [3.63, 3.8) is 0 Å². The first-order chi connectivity index (χ1) is 22.4. The van der Waals surface area contributed by atoms with Gasteiger partial charge in [0, 0.05) is 33.4 Å². The largest absolute Gasteiger partial charge is 0.172 e. The lowest BCUT2D eigenvalue weighted by Crippen LogP contribution is -2.20. The molecule has 0 radical (unpaired) electrons. The van der Waals surface area contributed by atoms with Crippen molar-refractivity contribution in [3.05, 3.63) is 86.5 Å². The highest BCUT2D eigenvalue weighted by molar-refractivity contribution is 7.97. The van der Waals surface area contributed by atoms with E-state index >= 15 is 0 Å². The fourth-order valence-electron chi connectivity index (χ4n) is 7.60. The maximum Gasteiger partial charge on any atom is 0.172 e. The zero-order chi connectivity index (χ0) is 33.5. The maximum atomic E-state index is 2.65. The summed E-state index contributed by atoms with van der Waals surface area (Å²) in [6.07, 6.45) is 21.4. The highest BCUT2D eigenvalue weighted by Crippen LogP contribution is 2.45. The van der Waals surface area contributed by atoms with E-state index in [2.05, 4.69) is 98.7 Å². The molecule has 0 aliphatic carbocycles. The summed E-state index contributed by atoms with van der Waals surface area (Å²) in [5.41, 5.74) is 14.5. The normalized spacial score (nSPS) is 11.6. The molecule has 3 rings (SSSR count). The second-order valence-electron chi connectivity index (χ2n) is 13.8. The van der Waals surface area contributed by atoms with Gasteiger partial charge in [0.2, 0.25) is 0 Å². The zero-order valence-electron chi connectivity index (χ0n) is 31.6. The molecule has 0 spiro atoms. The van der Waals surface area contributed by atoms with Crippen LogP contribution in [0.3, 0.4) is 0 Å². The zero-order valence-corrected chi connectivity index (χ0v) is 32.4. The maximum absolute atomic E-state index is 2.65. The summed E-state index contributed by atoms with van der Waals surface area (Å²) in [7, 11) is -0.129. The van der Waals surface area contributed by atoms with Crippen LogP contribution in [-0.2, 0) is 68.7 Å². The minimum atomic E-state index is -0.129. The number of aryl methyl sites for hydroxylation is 9. The fraction of sp³-hybridized carbons (Fsp3) is 0.600. The first kappa shape index (κ1) is 38.5. The Morgan fingerprint density at radius 2 is 0.457 bits per heavy atom. The van der Waals surface area contributed by atoms with Crippen molar-refractivity contribution in [2.24, 2.45) is 0 Å². The van der Waals surface area contributed by atoms with Gasteiger partial charge in [-0.15, -0.1) is 0 Å². The van der Waals surface area contributed by atoms with Crippen LogP contribution in [0.15, 0.2) is 51.1 Å². The van der Waals surface area contributed by atoms with Crippen molar-refractivity contribution < 1.29 is 0 Å². The van der Waals surface area contributed by atoms with Crippen molar-refractivity contribution >= 4 is 10.9 Å². The highest BCUT2D eigenvalue weighted by Gasteiger charge is 2.41. The lowest BCUT2D eigenvalue weighted by molar-refractivity contribution is 0.817. The van der Waals surface area contributed by atoms with E-state index < -0.39 is 0 Å². The number of hydrogen-bond acceptors (Lipinski definition) is 0. The monoisotopic (exact) mass is 642 g/mol. The molecule has 0 aliphatic heterocycles. The SMILES string of the molecule is CCCc1cc(CCC)c([S+](c2c(CCC)cc(CCC)cc2CCC)c2c(CCC)cc(CCC)cc2CCC)c(CCC)c1. The van der Waals surface area contributed by atoms with Gasteiger partial charge in [-0.1, -0.05) is 156 Å². The Kier molecular flexibility index (Phi) is 17.0. The average molecular weight is 642 g/mol. The molecule has 0 unspecified atom stereocenters. The molecular formula is C45H69S+. The van der Waals surface area contributed by atoms with Crippen LogP contribution in [0.1, 0.15) is 170 Å². The topological polar surface area (TPSA) is 0 Å². The molecule has 3 aromatic rings. The lowest BCUT2D eigenvalue weighted by atomic mass is 9.97. The summed E-state index contributed by atoms with van der Waals surface area (Å²) in [4.78, 5) is 5.12. The van der Waals surface area contributed by atoms with Gasteiger partial charge >= 0.3 is 0 Å². The fourth-order valence-corrected chi connectivity index (χ4v) is 10.8. The Hall–Kier alpha value is -1.99. The van der Waals surface area contributed by atoms with E-state index in [1.54, 1.807) is 64.8 Å². The molecule has 0 N–H and O–H groups in total. The van der Waals surface area contributed by atoms with E-state index in [-0.39, 0.29) is 10.9 Å². The van der Waals surface area contributed by atoms with Gasteiger partial charge in [0.25, 0.3) is 0 Å². The summed E-state index contributed by atoms with van der Waals surface area (Å²) < 4.78 is 0. The quantitative estimate of drug-likeness (QED) is 0.102. The first-order valence-corrected chi connectivity index (χ1v) is 20.8. The van der Waals surface area contributed by atoms with Crippen LogP contribution < -0.4 is 0 Å². The van der Waals surface area contributed by atoms with Crippen LogP contribution >= 0.6 is 0 Å². The van der Waals surface area contributed by atoms with E-state index in [9.17, 15) is 0 Å². The average Bonchev–Trinajstić information content (AvgIpc) is 3.01. The van der Waals surface area contributed by atoms with Crippen molar-refractivity contribution in [2.45, 2.75) is 193 Å². The predicted octanol–water partition coefficient (Wildman–Crippen LogP) is 13.4. The van der Waals surface area contributed by atoms with Crippen LogP contribution in [0.2, 0.25) is 0 Å². The Morgan fingerprint density at radius 3 is 0.609 bits per heavy atom. The van der Waals surface area contributed by atoms with Gasteiger partial charge < -0.3 is 0 Å². The van der Waals surface area contributed by atoms with Crippen molar-refractivity contribution in [2.75, 3.05) is 0 Å². The van der Waals surface area contributed by atoms with E-state index in [1.165, 1.54) is 116 Å². The standard InChI is InChI=1S/C45H69S/c1-10-19-34-28-37(22-13-4)43(38(29-34)23-14-5)46(44-39(24-15-6)30-35(20-11-2)31-40(44)25-16-7)45-41(26-17-8)32-36(21-12-3)33-42(45)27-18-9/h28-33H,10-27H2,1-9H3/q+1. The van der Waals surface area contributed by atoms with Crippen molar-refractivity contribution in [1.29, 1.82) is 0 Å². The molecule has 0 saturated carbocycles. The summed E-state index contributed by atoms with van der Waals surface area (Å²) in [6.45, 7) is 21.4. The van der Waals surface area contributed by atoms with Crippen LogP contribution in [0, 0.1) is 0 Å². The van der Waals surface area contributed by atoms with Gasteiger partial charge in [0.05, 0.1) is 0 Å². The van der Waals surface area contributed by atoms with Gasteiger partial charge in [0.15, 0.2) is 14.7 Å². The van der Waals surface area contributed by atoms with Gasteiger partial charge in [-0.3, -0.25) is 0 Å². The molecular weight excluding hydrogens is 573 g/mol. The lowest BCUT2D eigenvalue weighted by Gasteiger charge is -2.25. The van der Waals surface area contributed by atoms with Crippen molar-refractivity contribution in [1.82, 2.24) is 0 Å². The van der Waals surface area contributed by atoms with E-state index in [0.717, 1.165) is 0 Å². The van der Waals surface area contributed by atoms with Gasteiger partial charge in [-0.05, 0) is 74.5 Å². The molecule has 0 aliphatic rings. The molecule has 0 amide bonds. The first-order valence-electron chi connectivity index (χ1n) is 19.6. The Morgan fingerprint density at radius 1 is 0.283 bits per heavy atom. The molecule has 254 valence electrons. The van der Waals surface area contributed by atoms with Gasteiger partial charge in [-0.25, -0.2) is 0 Å². The molecule has 0 aromatic heterocycles. The molecule has 1 heteroatoms. The molecule has 0 nitrogen and oxygen atoms in total. The van der Waals surface area contributed by atoms with E-state index in [4.69, 9.17) is 0 Å². The third kappa shape index (κ3) is 9.78. The van der Waals surface area contributed by atoms with E-state index in [1.807, 2.05) is 0 Å².